The van der Waals surface area contributed by atoms with Crippen molar-refractivity contribution < 1.29 is 8.42 Å². The molecule has 32 heavy (non-hydrogen) atoms. The monoisotopic (exact) mass is 459 g/mol. The van der Waals surface area contributed by atoms with Crippen LogP contribution >= 0.6 is 0 Å². The van der Waals surface area contributed by atoms with Gasteiger partial charge in [-0.05, 0) is 39.0 Å². The second-order valence-corrected chi connectivity index (χ2v) is 10.7. The van der Waals surface area contributed by atoms with E-state index in [9.17, 15) is 8.42 Å². The highest BCUT2D eigenvalue weighted by molar-refractivity contribution is 7.88. The van der Waals surface area contributed by atoms with Gasteiger partial charge in [0.05, 0.1) is 18.6 Å². The molecule has 0 bridgehead atoms. The van der Waals surface area contributed by atoms with Crippen LogP contribution in [-0.4, -0.2) is 80.5 Å². The Bertz CT molecular complexity index is 1180. The molecule has 11 nitrogen and oxygen atoms in total. The van der Waals surface area contributed by atoms with Crippen LogP contribution in [0.1, 0.15) is 39.0 Å². The van der Waals surface area contributed by atoms with Crippen molar-refractivity contribution in [1.82, 2.24) is 34.1 Å². The van der Waals surface area contributed by atoms with Gasteiger partial charge >= 0.3 is 0 Å². The quantitative estimate of drug-likeness (QED) is 0.591. The molecule has 2 aliphatic rings. The lowest BCUT2D eigenvalue weighted by Crippen LogP contribution is -2.42. The summed E-state index contributed by atoms with van der Waals surface area (Å²) >= 11 is 0. The van der Waals surface area contributed by atoms with Gasteiger partial charge in [0, 0.05) is 43.5 Å². The van der Waals surface area contributed by atoms with E-state index in [1.807, 2.05) is 10.7 Å². The Morgan fingerprint density at radius 3 is 2.62 bits per heavy atom. The number of hydrogen-bond donors (Lipinski definition) is 2. The molecule has 2 saturated heterocycles. The highest BCUT2D eigenvalue weighted by Gasteiger charge is 2.28. The average molecular weight is 460 g/mol. The summed E-state index contributed by atoms with van der Waals surface area (Å²) in [6.45, 7) is 4.20. The Kier molecular flexibility index (Phi) is 5.49. The van der Waals surface area contributed by atoms with E-state index in [-0.39, 0.29) is 6.04 Å². The molecule has 3 aromatic rings. The lowest BCUT2D eigenvalue weighted by molar-refractivity contribution is 0.331. The minimum Gasteiger partial charge on any atom is -0.352 e. The van der Waals surface area contributed by atoms with Crippen molar-refractivity contribution in [2.75, 3.05) is 36.1 Å². The fourth-order valence-electron chi connectivity index (χ4n) is 4.67. The first-order chi connectivity index (χ1) is 15.4. The zero-order valence-corrected chi connectivity index (χ0v) is 19.2. The summed E-state index contributed by atoms with van der Waals surface area (Å²) in [6, 6.07) is 0.506. The number of nitrogens with one attached hydrogen (secondary N) is 2. The van der Waals surface area contributed by atoms with Crippen LogP contribution < -0.4 is 10.2 Å². The second-order valence-electron chi connectivity index (χ2n) is 8.74. The van der Waals surface area contributed by atoms with E-state index < -0.39 is 10.0 Å². The highest BCUT2D eigenvalue weighted by atomic mass is 32.2. The van der Waals surface area contributed by atoms with E-state index in [0.29, 0.717) is 30.7 Å². The topological polar surface area (TPSA) is 124 Å². The van der Waals surface area contributed by atoms with Crippen LogP contribution in [0.25, 0.3) is 16.9 Å². The number of sulfonamides is 1. The zero-order valence-electron chi connectivity index (χ0n) is 18.4. The predicted molar refractivity (Wildman–Crippen MR) is 122 cm³/mol. The molecular weight excluding hydrogens is 430 g/mol. The number of piperidine rings is 2. The Morgan fingerprint density at radius 1 is 1.12 bits per heavy atom. The molecule has 2 aliphatic heterocycles. The van der Waals surface area contributed by atoms with Gasteiger partial charge in [-0.15, -0.1) is 5.10 Å². The van der Waals surface area contributed by atoms with Crippen LogP contribution in [0.3, 0.4) is 0 Å². The molecule has 0 radical (unpaired) electrons. The van der Waals surface area contributed by atoms with Gasteiger partial charge in [0.1, 0.15) is 5.69 Å². The molecule has 2 N–H and O–H groups in total. The number of anilines is 2. The Morgan fingerprint density at radius 2 is 1.94 bits per heavy atom. The summed E-state index contributed by atoms with van der Waals surface area (Å²) in [7, 11) is -3.14. The smallest absolute Gasteiger partial charge is 0.243 e. The van der Waals surface area contributed by atoms with E-state index in [1.54, 1.807) is 12.4 Å². The maximum absolute atomic E-state index is 11.8. The number of aromatic nitrogens is 6. The van der Waals surface area contributed by atoms with Gasteiger partial charge in [-0.1, -0.05) is 0 Å². The standard InChI is InChI=1S/C20H29N9O2S/c1-14-5-3-4-8-28(14)19-18(15-11-22-23-12-15)21-13-17-25-20(26-29(17)19)24-16-6-9-27(10-7-16)32(2,30)31/h11-14,16H,3-10H2,1-2H3,(H,22,23)(H,24,26)/t14-/m0/s1. The summed E-state index contributed by atoms with van der Waals surface area (Å²) in [6.07, 6.45) is 11.5. The second kappa shape index (κ2) is 8.32. The van der Waals surface area contributed by atoms with Gasteiger partial charge < -0.3 is 10.2 Å². The number of nitrogens with zero attached hydrogens (tertiary/aromatic N) is 7. The molecule has 0 spiro atoms. The molecule has 0 aliphatic carbocycles. The van der Waals surface area contributed by atoms with Crippen molar-refractivity contribution in [3.8, 4) is 11.3 Å². The van der Waals surface area contributed by atoms with Crippen molar-refractivity contribution in [2.45, 2.75) is 51.1 Å². The van der Waals surface area contributed by atoms with E-state index in [4.69, 9.17) is 10.1 Å². The number of H-pyrrole nitrogens is 1. The van der Waals surface area contributed by atoms with Crippen molar-refractivity contribution in [1.29, 1.82) is 0 Å². The van der Waals surface area contributed by atoms with Crippen LogP contribution in [0.4, 0.5) is 11.8 Å². The van der Waals surface area contributed by atoms with E-state index in [1.165, 1.54) is 17.0 Å². The lowest BCUT2D eigenvalue weighted by atomic mass is 10.0. The molecule has 3 aromatic heterocycles. The molecule has 0 saturated carbocycles. The fraction of sp³-hybridized carbons (Fsp3) is 0.600. The summed E-state index contributed by atoms with van der Waals surface area (Å²) in [5.74, 6) is 1.48. The zero-order chi connectivity index (χ0) is 22.3. The van der Waals surface area contributed by atoms with Gasteiger partial charge in [-0.25, -0.2) is 17.7 Å². The van der Waals surface area contributed by atoms with Crippen molar-refractivity contribution in [3.05, 3.63) is 18.6 Å². The third-order valence-electron chi connectivity index (χ3n) is 6.46. The van der Waals surface area contributed by atoms with E-state index >= 15 is 0 Å². The van der Waals surface area contributed by atoms with Gasteiger partial charge in [0.25, 0.3) is 0 Å². The summed E-state index contributed by atoms with van der Waals surface area (Å²) in [5, 5.41) is 15.2. The minimum atomic E-state index is -3.14. The average Bonchev–Trinajstić information content (AvgIpc) is 3.43. The third-order valence-corrected chi connectivity index (χ3v) is 7.76. The van der Waals surface area contributed by atoms with Crippen LogP contribution in [0.5, 0.6) is 0 Å². The van der Waals surface area contributed by atoms with Crippen LogP contribution in [0, 0.1) is 0 Å². The lowest BCUT2D eigenvalue weighted by Gasteiger charge is -2.35. The normalized spacial score (nSPS) is 21.3. The molecule has 0 unspecified atom stereocenters. The van der Waals surface area contributed by atoms with Crippen molar-refractivity contribution in [2.24, 2.45) is 0 Å². The first-order valence-corrected chi connectivity index (χ1v) is 13.0. The van der Waals surface area contributed by atoms with Crippen LogP contribution in [0.15, 0.2) is 18.6 Å². The summed E-state index contributed by atoms with van der Waals surface area (Å²) < 4.78 is 27.0. The Balaban J connectivity index is 1.46. The predicted octanol–water partition coefficient (Wildman–Crippen LogP) is 1.73. The van der Waals surface area contributed by atoms with Gasteiger partial charge in [-0.3, -0.25) is 5.10 Å². The maximum atomic E-state index is 11.8. The molecule has 0 amide bonds. The number of rotatable bonds is 5. The van der Waals surface area contributed by atoms with Crippen molar-refractivity contribution in [3.63, 3.8) is 0 Å². The van der Waals surface area contributed by atoms with Crippen LogP contribution in [0.2, 0.25) is 0 Å². The van der Waals surface area contributed by atoms with Gasteiger partial charge in [0.15, 0.2) is 11.5 Å². The van der Waals surface area contributed by atoms with Crippen LogP contribution in [-0.2, 0) is 10.0 Å². The van der Waals surface area contributed by atoms with Gasteiger partial charge in [-0.2, -0.15) is 14.6 Å². The molecular formula is C20H29N9O2S. The Hall–Kier alpha value is -2.73. The largest absolute Gasteiger partial charge is 0.352 e. The van der Waals surface area contributed by atoms with Gasteiger partial charge in [0.2, 0.25) is 16.0 Å². The molecule has 1 atom stereocenters. The molecule has 2 fully saturated rings. The molecule has 0 aromatic carbocycles. The number of fused-ring (bicyclic) bond motifs is 1. The highest BCUT2D eigenvalue weighted by Crippen LogP contribution is 2.33. The Labute approximate surface area is 187 Å². The number of hydrogen-bond acceptors (Lipinski definition) is 8. The minimum absolute atomic E-state index is 0.129. The van der Waals surface area contributed by atoms with Crippen molar-refractivity contribution >= 4 is 27.4 Å². The maximum Gasteiger partial charge on any atom is 0.243 e. The molecule has 5 rings (SSSR count). The molecule has 12 heteroatoms. The number of aromatic amines is 1. The fourth-order valence-corrected chi connectivity index (χ4v) is 5.55. The van der Waals surface area contributed by atoms with E-state index in [0.717, 1.165) is 49.3 Å². The SMILES string of the molecule is C[C@H]1CCCCN1c1c(-c2cn[nH]c2)ncc2nc(NC3CCN(S(C)(=O)=O)CC3)nn12. The van der Waals surface area contributed by atoms with E-state index in [2.05, 4.69) is 32.3 Å². The summed E-state index contributed by atoms with van der Waals surface area (Å²) in [5.41, 5.74) is 2.43. The first kappa shape index (κ1) is 21.1. The first-order valence-electron chi connectivity index (χ1n) is 11.1. The third kappa shape index (κ3) is 4.04. The molecule has 172 valence electrons. The summed E-state index contributed by atoms with van der Waals surface area (Å²) in [4.78, 5) is 11.8. The molecule has 5 heterocycles.